The second-order valence-electron chi connectivity index (χ2n) is 5.44. The lowest BCUT2D eigenvalue weighted by Crippen LogP contribution is -2.62. The number of carboxylic acid groups (broad SMARTS) is 1. The Labute approximate surface area is 120 Å². The molecule has 0 aromatic heterocycles. The van der Waals surface area contributed by atoms with Crippen molar-refractivity contribution in [2.75, 3.05) is 6.61 Å². The van der Waals surface area contributed by atoms with Crippen LogP contribution in [0.5, 0.6) is 0 Å². The number of rotatable bonds is 5. The monoisotopic (exact) mass is 307 g/mol. The molecule has 7 N–H and O–H groups in total. The number of aliphatic hydroxyl groups excluding tert-OH is 4. The summed E-state index contributed by atoms with van der Waals surface area (Å²) in [5, 5.41) is 59.8. The molecule has 1 amide bonds. The summed E-state index contributed by atoms with van der Waals surface area (Å²) < 4.78 is 0. The summed E-state index contributed by atoms with van der Waals surface area (Å²) in [4.78, 5) is 22.3. The quantitative estimate of drug-likeness (QED) is 0.278. The van der Waals surface area contributed by atoms with E-state index in [4.69, 9.17) is 10.2 Å². The topological polar surface area (TPSA) is 168 Å². The maximum Gasteiger partial charge on any atom is 0.335 e. The van der Waals surface area contributed by atoms with E-state index in [9.17, 15) is 30.0 Å². The number of aliphatic carboxylic acids is 1. The van der Waals surface area contributed by atoms with Gasteiger partial charge in [0.2, 0.25) is 5.91 Å². The van der Waals surface area contributed by atoms with Crippen molar-refractivity contribution in [2.45, 2.75) is 49.7 Å². The summed E-state index contributed by atoms with van der Waals surface area (Å²) >= 11 is 0. The van der Waals surface area contributed by atoms with E-state index in [1.54, 1.807) is 0 Å². The Bertz CT molecular complexity index is 403. The molecule has 0 unspecified atom stereocenters. The summed E-state index contributed by atoms with van der Waals surface area (Å²) in [6, 6.07) is -1.04. The number of carboxylic acids is 1. The van der Waals surface area contributed by atoms with Gasteiger partial charge >= 0.3 is 5.97 Å². The maximum atomic E-state index is 11.2. The predicted molar refractivity (Wildman–Crippen MR) is 68.0 cm³/mol. The zero-order chi connectivity index (χ0) is 16.4. The molecule has 1 aliphatic rings. The van der Waals surface area contributed by atoms with Crippen LogP contribution in [-0.4, -0.2) is 79.1 Å². The van der Waals surface area contributed by atoms with E-state index < -0.39 is 67.2 Å². The Hall–Kier alpha value is -1.26. The molecule has 0 spiro atoms. The van der Waals surface area contributed by atoms with E-state index >= 15 is 0 Å². The number of hydrogen-bond acceptors (Lipinski definition) is 7. The lowest BCUT2D eigenvalue weighted by molar-refractivity contribution is -0.178. The minimum absolute atomic E-state index is 0.484. The Balaban J connectivity index is 3.07. The van der Waals surface area contributed by atoms with Crippen molar-refractivity contribution in [3.8, 4) is 0 Å². The first kappa shape index (κ1) is 17.8. The molecule has 0 heterocycles. The third kappa shape index (κ3) is 3.89. The Morgan fingerprint density at radius 2 is 1.90 bits per heavy atom. The molecule has 6 atom stereocenters. The van der Waals surface area contributed by atoms with Gasteiger partial charge in [0.25, 0.3) is 0 Å². The summed E-state index contributed by atoms with van der Waals surface area (Å²) in [7, 11) is 0. The summed E-state index contributed by atoms with van der Waals surface area (Å²) in [6.45, 7) is 0.392. The molecule has 1 saturated carbocycles. The molecule has 0 saturated heterocycles. The lowest BCUT2D eigenvalue weighted by Gasteiger charge is -2.44. The van der Waals surface area contributed by atoms with Crippen molar-refractivity contribution < 1.29 is 40.2 Å². The van der Waals surface area contributed by atoms with Gasteiger partial charge in [-0.2, -0.15) is 0 Å². The fourth-order valence-electron chi connectivity index (χ4n) is 2.70. The van der Waals surface area contributed by atoms with Crippen LogP contribution < -0.4 is 5.32 Å². The van der Waals surface area contributed by atoms with Crippen molar-refractivity contribution in [2.24, 2.45) is 5.92 Å². The molecule has 122 valence electrons. The van der Waals surface area contributed by atoms with Crippen molar-refractivity contribution in [3.63, 3.8) is 0 Å². The van der Waals surface area contributed by atoms with Crippen LogP contribution in [0, 0.1) is 5.92 Å². The molecule has 1 rings (SSSR count). The third-order valence-corrected chi connectivity index (χ3v) is 3.78. The van der Waals surface area contributed by atoms with E-state index in [2.05, 4.69) is 5.32 Å². The van der Waals surface area contributed by atoms with Crippen LogP contribution in [0.2, 0.25) is 0 Å². The number of carbonyl (C=O) groups excluding carboxylic acids is 1. The number of carbonyl (C=O) groups is 2. The molecule has 0 aliphatic heterocycles. The minimum atomic E-state index is -2.28. The van der Waals surface area contributed by atoms with Gasteiger partial charge in [-0.15, -0.1) is 0 Å². The molecule has 21 heavy (non-hydrogen) atoms. The predicted octanol–water partition coefficient (Wildman–Crippen LogP) is -3.21. The highest BCUT2D eigenvalue weighted by Crippen LogP contribution is 2.36. The highest BCUT2D eigenvalue weighted by Gasteiger charge is 2.52. The number of aliphatic hydroxyl groups is 5. The number of nitrogens with one attached hydrogen (secondary N) is 1. The van der Waals surface area contributed by atoms with Gasteiger partial charge in [0.15, 0.2) is 5.60 Å². The van der Waals surface area contributed by atoms with Gasteiger partial charge < -0.3 is 36.0 Å². The molecule has 9 heteroatoms. The first-order chi connectivity index (χ1) is 9.62. The molecule has 0 aromatic rings. The second-order valence-corrected chi connectivity index (χ2v) is 5.44. The summed E-state index contributed by atoms with van der Waals surface area (Å²) in [5.74, 6) is -3.23. The molecule has 0 bridgehead atoms. The molecular formula is C12H21NO8. The van der Waals surface area contributed by atoms with Gasteiger partial charge in [0.05, 0.1) is 24.9 Å². The highest BCUT2D eigenvalue weighted by molar-refractivity contribution is 5.78. The maximum absolute atomic E-state index is 11.2. The fraction of sp³-hybridized carbons (Fsp3) is 0.833. The Morgan fingerprint density at radius 3 is 2.33 bits per heavy atom. The Morgan fingerprint density at radius 1 is 1.33 bits per heavy atom. The van der Waals surface area contributed by atoms with Gasteiger partial charge in [0.1, 0.15) is 6.10 Å². The van der Waals surface area contributed by atoms with Gasteiger partial charge in [-0.05, 0) is 6.42 Å². The van der Waals surface area contributed by atoms with Crippen molar-refractivity contribution in [1.29, 1.82) is 0 Å². The zero-order valence-electron chi connectivity index (χ0n) is 11.5. The summed E-state index contributed by atoms with van der Waals surface area (Å²) in [6.07, 6.45) is -5.63. The smallest absolute Gasteiger partial charge is 0.335 e. The Kier molecular flexibility index (Phi) is 5.65. The van der Waals surface area contributed by atoms with Crippen molar-refractivity contribution >= 4 is 11.9 Å². The van der Waals surface area contributed by atoms with Gasteiger partial charge in [-0.1, -0.05) is 0 Å². The molecule has 0 radical (unpaired) electrons. The van der Waals surface area contributed by atoms with Gasteiger partial charge in [-0.25, -0.2) is 4.79 Å². The average Bonchev–Trinajstić information content (AvgIpc) is 2.39. The normalized spacial score (nSPS) is 35.8. The van der Waals surface area contributed by atoms with Crippen LogP contribution in [0.4, 0.5) is 0 Å². The zero-order valence-corrected chi connectivity index (χ0v) is 11.5. The van der Waals surface area contributed by atoms with Crippen LogP contribution >= 0.6 is 0 Å². The van der Waals surface area contributed by atoms with Crippen LogP contribution in [0.1, 0.15) is 19.8 Å². The molecule has 1 aliphatic carbocycles. The van der Waals surface area contributed by atoms with Crippen molar-refractivity contribution in [1.82, 2.24) is 5.32 Å². The van der Waals surface area contributed by atoms with Crippen LogP contribution in [-0.2, 0) is 9.59 Å². The molecule has 0 aromatic carbocycles. The van der Waals surface area contributed by atoms with Crippen LogP contribution in [0.25, 0.3) is 0 Å². The van der Waals surface area contributed by atoms with Crippen molar-refractivity contribution in [3.05, 3.63) is 0 Å². The molecule has 9 nitrogen and oxygen atoms in total. The third-order valence-electron chi connectivity index (χ3n) is 3.78. The number of amides is 1. The largest absolute Gasteiger partial charge is 0.479 e. The second kappa shape index (κ2) is 6.67. The van der Waals surface area contributed by atoms with Gasteiger partial charge in [0, 0.05) is 19.3 Å². The van der Waals surface area contributed by atoms with Gasteiger partial charge in [-0.3, -0.25) is 4.79 Å². The fourth-order valence-corrected chi connectivity index (χ4v) is 2.70. The number of hydrogen-bond donors (Lipinski definition) is 7. The SMILES string of the molecule is CC(=O)N[C@H]1[C@@H]([C@H](O)[C@H](O)CO)C[C@](O)(C(=O)O)C[C@H]1O. The molecular weight excluding hydrogens is 286 g/mol. The first-order valence-electron chi connectivity index (χ1n) is 6.50. The van der Waals surface area contributed by atoms with Crippen LogP contribution in [0.15, 0.2) is 0 Å². The first-order valence-corrected chi connectivity index (χ1v) is 6.50. The summed E-state index contributed by atoms with van der Waals surface area (Å²) in [5.41, 5.74) is -2.28. The minimum Gasteiger partial charge on any atom is -0.479 e. The van der Waals surface area contributed by atoms with Crippen LogP contribution in [0.3, 0.4) is 0 Å². The van der Waals surface area contributed by atoms with E-state index in [0.29, 0.717) is 0 Å². The van der Waals surface area contributed by atoms with E-state index in [1.165, 1.54) is 6.92 Å². The standard InChI is InChI=1S/C12H21NO8/c1-5(15)13-9-6(10(18)8(17)4-14)2-12(21,11(19)20)3-7(9)16/h6-10,14,16-18,21H,2-4H2,1H3,(H,13,15)(H,19,20)/t6-,7+,8+,9-,10-,12+/m0/s1. The lowest BCUT2D eigenvalue weighted by atomic mass is 9.70. The van der Waals surface area contributed by atoms with E-state index in [0.717, 1.165) is 0 Å². The van der Waals surface area contributed by atoms with E-state index in [1.807, 2.05) is 0 Å². The molecule has 1 fully saturated rings. The highest BCUT2D eigenvalue weighted by atomic mass is 16.4. The average molecular weight is 307 g/mol. The van der Waals surface area contributed by atoms with E-state index in [-0.39, 0.29) is 0 Å².